The Bertz CT molecular complexity index is 475. The molecule has 1 amide bonds. The number of aliphatic hydroxyl groups excluding tert-OH is 1. The quantitative estimate of drug-likeness (QED) is 0.786. The van der Waals surface area contributed by atoms with Gasteiger partial charge in [0.2, 0.25) is 5.91 Å². The average Bonchev–Trinajstić information content (AvgIpc) is 2.86. The van der Waals surface area contributed by atoms with Crippen LogP contribution in [0.25, 0.3) is 0 Å². The highest BCUT2D eigenvalue weighted by atomic mass is 16.5. The lowest BCUT2D eigenvalue weighted by molar-refractivity contribution is -0.129. The molecule has 0 spiro atoms. The van der Waals surface area contributed by atoms with Gasteiger partial charge in [0.1, 0.15) is 12.4 Å². The summed E-state index contributed by atoms with van der Waals surface area (Å²) in [6, 6.07) is 7.97. The summed E-state index contributed by atoms with van der Waals surface area (Å²) in [5.74, 6) is 1.02. The molecule has 1 unspecified atom stereocenters. The number of hydrogen-bond acceptors (Lipinski definition) is 4. The van der Waals surface area contributed by atoms with Crippen LogP contribution in [0.3, 0.4) is 0 Å². The van der Waals surface area contributed by atoms with Crippen molar-refractivity contribution in [2.24, 2.45) is 0 Å². The Labute approximate surface area is 132 Å². The molecule has 1 fully saturated rings. The van der Waals surface area contributed by atoms with E-state index in [0.29, 0.717) is 26.1 Å². The lowest BCUT2D eigenvalue weighted by Gasteiger charge is -2.24. The maximum atomic E-state index is 11.5. The fourth-order valence-electron chi connectivity index (χ4n) is 2.61. The highest BCUT2D eigenvalue weighted by Crippen LogP contribution is 2.12. The molecule has 1 saturated heterocycles. The Balaban J connectivity index is 1.63. The van der Waals surface area contributed by atoms with Gasteiger partial charge in [-0.25, -0.2) is 0 Å². The normalized spacial score (nSPS) is 16.4. The first-order valence-corrected chi connectivity index (χ1v) is 7.88. The molecule has 0 radical (unpaired) electrons. The lowest BCUT2D eigenvalue weighted by atomic mass is 10.2. The number of nitrogens with zero attached hydrogens (tertiary/aromatic N) is 2. The summed E-state index contributed by atoms with van der Waals surface area (Å²) in [4.78, 5) is 15.3. The van der Waals surface area contributed by atoms with Crippen molar-refractivity contribution in [1.29, 1.82) is 0 Å². The van der Waals surface area contributed by atoms with E-state index in [9.17, 15) is 9.90 Å². The minimum atomic E-state index is -0.508. The summed E-state index contributed by atoms with van der Waals surface area (Å²) in [6.07, 6.45) is 1.02. The van der Waals surface area contributed by atoms with Crippen molar-refractivity contribution in [3.8, 4) is 5.75 Å². The molecular formula is C17H26N2O3. The van der Waals surface area contributed by atoms with Gasteiger partial charge in [-0.3, -0.25) is 4.79 Å². The molecular weight excluding hydrogens is 280 g/mol. The van der Waals surface area contributed by atoms with Crippen molar-refractivity contribution >= 4 is 5.91 Å². The number of aliphatic hydroxyl groups is 1. The predicted octanol–water partition coefficient (Wildman–Crippen LogP) is 1.29. The summed E-state index contributed by atoms with van der Waals surface area (Å²) >= 11 is 0. The fourth-order valence-corrected chi connectivity index (χ4v) is 2.61. The zero-order valence-electron chi connectivity index (χ0n) is 13.5. The van der Waals surface area contributed by atoms with E-state index in [1.54, 1.807) is 4.90 Å². The van der Waals surface area contributed by atoms with E-state index < -0.39 is 6.10 Å². The van der Waals surface area contributed by atoms with Gasteiger partial charge in [-0.05, 0) is 32.5 Å². The number of amides is 1. The minimum Gasteiger partial charge on any atom is -0.492 e. The van der Waals surface area contributed by atoms with E-state index in [4.69, 9.17) is 4.74 Å². The van der Waals surface area contributed by atoms with Crippen LogP contribution in [0.5, 0.6) is 5.75 Å². The highest BCUT2D eigenvalue weighted by Gasteiger charge is 2.22. The second-order valence-electron chi connectivity index (χ2n) is 6.02. The standard InChI is InChI=1S/C17H26N2O3/c1-14-5-7-16(8-6-14)22-11-10-18(2)12-15(20)13-19-9-3-4-17(19)21/h5-8,15,20H,3-4,9-13H2,1-2H3. The van der Waals surface area contributed by atoms with E-state index in [-0.39, 0.29) is 5.91 Å². The van der Waals surface area contributed by atoms with E-state index in [0.717, 1.165) is 25.3 Å². The summed E-state index contributed by atoms with van der Waals surface area (Å²) < 4.78 is 5.68. The van der Waals surface area contributed by atoms with Crippen molar-refractivity contribution < 1.29 is 14.6 Å². The van der Waals surface area contributed by atoms with Crippen molar-refractivity contribution in [2.45, 2.75) is 25.9 Å². The number of ether oxygens (including phenoxy) is 1. The Morgan fingerprint density at radius 3 is 2.73 bits per heavy atom. The number of likely N-dealkylation sites (tertiary alicyclic amines) is 1. The summed E-state index contributed by atoms with van der Waals surface area (Å²) in [5, 5.41) is 10.1. The number of hydrogen-bond donors (Lipinski definition) is 1. The van der Waals surface area contributed by atoms with Crippen LogP contribution >= 0.6 is 0 Å². The van der Waals surface area contributed by atoms with Crippen molar-refractivity contribution in [2.75, 3.05) is 39.8 Å². The number of carbonyl (C=O) groups is 1. The molecule has 0 aromatic heterocycles. The average molecular weight is 306 g/mol. The molecule has 1 aromatic carbocycles. The smallest absolute Gasteiger partial charge is 0.222 e. The molecule has 5 heteroatoms. The van der Waals surface area contributed by atoms with E-state index in [1.807, 2.05) is 43.1 Å². The first kappa shape index (κ1) is 16.8. The number of rotatable bonds is 8. The van der Waals surface area contributed by atoms with Crippen LogP contribution in [-0.2, 0) is 4.79 Å². The van der Waals surface area contributed by atoms with Crippen LogP contribution in [-0.4, -0.2) is 66.8 Å². The molecule has 1 aromatic rings. The van der Waals surface area contributed by atoms with Gasteiger partial charge < -0.3 is 19.6 Å². The first-order valence-electron chi connectivity index (χ1n) is 7.88. The van der Waals surface area contributed by atoms with Gasteiger partial charge in [0.25, 0.3) is 0 Å². The maximum Gasteiger partial charge on any atom is 0.222 e. The van der Waals surface area contributed by atoms with Gasteiger partial charge in [0.05, 0.1) is 6.10 Å². The molecule has 0 aliphatic carbocycles. The highest BCUT2D eigenvalue weighted by molar-refractivity contribution is 5.78. The summed E-state index contributed by atoms with van der Waals surface area (Å²) in [5.41, 5.74) is 1.21. The van der Waals surface area contributed by atoms with Crippen LogP contribution in [0.15, 0.2) is 24.3 Å². The molecule has 1 atom stereocenters. The minimum absolute atomic E-state index is 0.157. The second-order valence-corrected chi connectivity index (χ2v) is 6.02. The third kappa shape index (κ3) is 5.31. The van der Waals surface area contributed by atoms with Gasteiger partial charge in [0.15, 0.2) is 0 Å². The molecule has 1 N–H and O–H groups in total. The first-order chi connectivity index (χ1) is 10.5. The molecule has 0 saturated carbocycles. The zero-order valence-corrected chi connectivity index (χ0v) is 13.5. The number of β-amino-alcohol motifs (C(OH)–C–C–N with tert-alkyl or cyclic N) is 1. The lowest BCUT2D eigenvalue weighted by Crippen LogP contribution is -2.40. The van der Waals surface area contributed by atoms with Crippen molar-refractivity contribution in [1.82, 2.24) is 9.80 Å². The molecule has 1 aliphatic heterocycles. The fraction of sp³-hybridized carbons (Fsp3) is 0.588. The van der Waals surface area contributed by atoms with Gasteiger partial charge in [-0.1, -0.05) is 17.7 Å². The number of aryl methyl sites for hydroxylation is 1. The number of carbonyl (C=O) groups excluding carboxylic acids is 1. The van der Waals surface area contributed by atoms with Crippen LogP contribution < -0.4 is 4.74 Å². The Kier molecular flexibility index (Phi) is 6.21. The summed E-state index contributed by atoms with van der Waals surface area (Å²) in [6.45, 7) is 5.11. The van der Waals surface area contributed by atoms with Crippen LogP contribution in [0.4, 0.5) is 0 Å². The van der Waals surface area contributed by atoms with E-state index >= 15 is 0 Å². The predicted molar refractivity (Wildman–Crippen MR) is 86.0 cm³/mol. The molecule has 122 valence electrons. The molecule has 0 bridgehead atoms. The topological polar surface area (TPSA) is 53.0 Å². The molecule has 1 aliphatic rings. The number of benzene rings is 1. The van der Waals surface area contributed by atoms with Gasteiger partial charge in [0, 0.05) is 32.6 Å². The van der Waals surface area contributed by atoms with Crippen LogP contribution in [0.1, 0.15) is 18.4 Å². The van der Waals surface area contributed by atoms with E-state index in [2.05, 4.69) is 0 Å². The molecule has 1 heterocycles. The third-order valence-corrected chi connectivity index (χ3v) is 3.89. The van der Waals surface area contributed by atoms with Gasteiger partial charge in [-0.2, -0.15) is 0 Å². The van der Waals surface area contributed by atoms with Crippen LogP contribution in [0, 0.1) is 6.92 Å². The molecule has 2 rings (SSSR count). The van der Waals surface area contributed by atoms with Crippen LogP contribution in [0.2, 0.25) is 0 Å². The van der Waals surface area contributed by atoms with Gasteiger partial charge >= 0.3 is 0 Å². The number of likely N-dealkylation sites (N-methyl/N-ethyl adjacent to an activating group) is 1. The third-order valence-electron chi connectivity index (χ3n) is 3.89. The van der Waals surface area contributed by atoms with Gasteiger partial charge in [-0.15, -0.1) is 0 Å². The monoisotopic (exact) mass is 306 g/mol. The van der Waals surface area contributed by atoms with E-state index in [1.165, 1.54) is 5.56 Å². The van der Waals surface area contributed by atoms with Crippen molar-refractivity contribution in [3.63, 3.8) is 0 Å². The van der Waals surface area contributed by atoms with Crippen molar-refractivity contribution in [3.05, 3.63) is 29.8 Å². The second kappa shape index (κ2) is 8.15. The summed E-state index contributed by atoms with van der Waals surface area (Å²) in [7, 11) is 1.95. The Morgan fingerprint density at radius 2 is 2.09 bits per heavy atom. The largest absolute Gasteiger partial charge is 0.492 e. The molecule has 5 nitrogen and oxygen atoms in total. The molecule has 22 heavy (non-hydrogen) atoms. The Hall–Kier alpha value is -1.59. The maximum absolute atomic E-state index is 11.5. The Morgan fingerprint density at radius 1 is 1.36 bits per heavy atom. The SMILES string of the molecule is Cc1ccc(OCCN(C)CC(O)CN2CCCC2=O)cc1. The zero-order chi connectivity index (χ0) is 15.9.